The minimum Gasteiger partial charge on any atom is -0.369 e. The van der Waals surface area contributed by atoms with Crippen LogP contribution in [0.15, 0.2) is 59.4 Å². The molecule has 2 aromatic heterocycles. The molecule has 30 heavy (non-hydrogen) atoms. The molecule has 0 atom stereocenters. The van der Waals surface area contributed by atoms with Gasteiger partial charge in [-0.3, -0.25) is 9.69 Å². The highest BCUT2D eigenvalue weighted by Gasteiger charge is 2.16. The van der Waals surface area contributed by atoms with Gasteiger partial charge in [-0.15, -0.1) is 11.3 Å². The number of nitrogens with one attached hydrogen (secondary N) is 1. The molecule has 0 unspecified atom stereocenters. The standard InChI is InChI=1S/C24H26N4OS/c29-24-23-22(19-10-4-5-11-20(19)30-23)25-21(26-24)12-6-7-13-27-14-16-28(17-15-27)18-8-2-1-3-9-18/h1-5,8-11H,6-7,12-17H2,(H,25,26,29). The summed E-state index contributed by atoms with van der Waals surface area (Å²) in [5.74, 6) is 0.810. The van der Waals surface area contributed by atoms with Gasteiger partial charge in [0.25, 0.3) is 5.56 Å². The highest BCUT2D eigenvalue weighted by molar-refractivity contribution is 7.25. The van der Waals surface area contributed by atoms with Crippen LogP contribution in [0.3, 0.4) is 0 Å². The van der Waals surface area contributed by atoms with Crippen molar-refractivity contribution in [1.82, 2.24) is 14.9 Å². The molecule has 0 radical (unpaired) electrons. The summed E-state index contributed by atoms with van der Waals surface area (Å²) in [6.45, 7) is 5.49. The summed E-state index contributed by atoms with van der Waals surface area (Å²) in [6, 6.07) is 18.8. The zero-order valence-electron chi connectivity index (χ0n) is 17.0. The third kappa shape index (κ3) is 3.98. The summed E-state index contributed by atoms with van der Waals surface area (Å²) >= 11 is 1.53. The second-order valence-corrected chi connectivity index (χ2v) is 8.96. The Hall–Kier alpha value is -2.70. The van der Waals surface area contributed by atoms with Gasteiger partial charge in [-0.2, -0.15) is 0 Å². The Morgan fingerprint density at radius 1 is 0.933 bits per heavy atom. The average Bonchev–Trinajstić information content (AvgIpc) is 3.17. The number of nitrogens with zero attached hydrogens (tertiary/aromatic N) is 3. The molecule has 5 rings (SSSR count). The summed E-state index contributed by atoms with van der Waals surface area (Å²) < 4.78 is 1.86. The van der Waals surface area contributed by atoms with Crippen molar-refractivity contribution in [3.8, 4) is 0 Å². The lowest BCUT2D eigenvalue weighted by Gasteiger charge is -2.36. The zero-order valence-corrected chi connectivity index (χ0v) is 17.8. The van der Waals surface area contributed by atoms with Crippen molar-refractivity contribution in [1.29, 1.82) is 0 Å². The number of piperazine rings is 1. The molecule has 1 saturated heterocycles. The van der Waals surface area contributed by atoms with Crippen LogP contribution in [0.1, 0.15) is 18.7 Å². The first-order valence-electron chi connectivity index (χ1n) is 10.7. The molecule has 0 bridgehead atoms. The molecule has 1 N–H and O–H groups in total. The van der Waals surface area contributed by atoms with E-state index >= 15 is 0 Å². The van der Waals surface area contributed by atoms with Crippen LogP contribution >= 0.6 is 11.3 Å². The SMILES string of the molecule is O=c1[nH]c(CCCCN2CCN(c3ccccc3)CC2)nc2c1sc1ccccc12. The zero-order chi connectivity index (χ0) is 20.3. The van der Waals surface area contributed by atoms with Gasteiger partial charge in [0.2, 0.25) is 0 Å². The molecule has 2 aromatic carbocycles. The molecule has 1 fully saturated rings. The smallest absolute Gasteiger partial charge is 0.268 e. The molecule has 0 saturated carbocycles. The maximum atomic E-state index is 12.5. The lowest BCUT2D eigenvalue weighted by atomic mass is 10.2. The number of thiophene rings is 1. The number of aryl methyl sites for hydroxylation is 1. The number of hydrogen-bond acceptors (Lipinski definition) is 5. The first kappa shape index (κ1) is 19.3. The number of anilines is 1. The Morgan fingerprint density at radius 3 is 2.53 bits per heavy atom. The van der Waals surface area contributed by atoms with Gasteiger partial charge in [0.05, 0.1) is 5.52 Å². The van der Waals surface area contributed by atoms with E-state index in [9.17, 15) is 4.79 Å². The van der Waals surface area contributed by atoms with Crippen molar-refractivity contribution in [2.45, 2.75) is 19.3 Å². The molecular weight excluding hydrogens is 392 g/mol. The number of fused-ring (bicyclic) bond motifs is 3. The van der Waals surface area contributed by atoms with Gasteiger partial charge in [0.15, 0.2) is 0 Å². The first-order chi connectivity index (χ1) is 14.8. The third-order valence-corrected chi connectivity index (χ3v) is 7.07. The van der Waals surface area contributed by atoms with E-state index in [1.54, 1.807) is 0 Å². The molecule has 0 aliphatic carbocycles. The van der Waals surface area contributed by atoms with Crippen LogP contribution in [0.4, 0.5) is 5.69 Å². The summed E-state index contributed by atoms with van der Waals surface area (Å²) in [5.41, 5.74) is 2.17. The van der Waals surface area contributed by atoms with E-state index < -0.39 is 0 Å². The van der Waals surface area contributed by atoms with Crippen molar-refractivity contribution in [2.24, 2.45) is 0 Å². The van der Waals surface area contributed by atoms with E-state index in [0.29, 0.717) is 0 Å². The second-order valence-electron chi connectivity index (χ2n) is 7.91. The maximum Gasteiger partial charge on any atom is 0.268 e. The number of aromatic nitrogens is 2. The quantitative estimate of drug-likeness (QED) is 0.475. The van der Waals surface area contributed by atoms with E-state index in [-0.39, 0.29) is 5.56 Å². The van der Waals surface area contributed by atoms with Crippen LogP contribution in [0, 0.1) is 0 Å². The maximum absolute atomic E-state index is 12.5. The average molecular weight is 419 g/mol. The summed E-state index contributed by atoms with van der Waals surface area (Å²) in [6.07, 6.45) is 2.98. The second kappa shape index (κ2) is 8.58. The monoisotopic (exact) mass is 418 g/mol. The minimum absolute atomic E-state index is 0.00626. The van der Waals surface area contributed by atoms with Gasteiger partial charge in [-0.25, -0.2) is 4.98 Å². The number of unbranched alkanes of at least 4 members (excludes halogenated alkanes) is 1. The molecule has 0 spiro atoms. The summed E-state index contributed by atoms with van der Waals surface area (Å²) in [4.78, 5) is 25.3. The number of benzene rings is 2. The predicted octanol–water partition coefficient (Wildman–Crippen LogP) is 4.28. The molecule has 1 aliphatic rings. The van der Waals surface area contributed by atoms with Crippen LogP contribution in [0.2, 0.25) is 0 Å². The summed E-state index contributed by atoms with van der Waals surface area (Å²) in [7, 11) is 0. The van der Waals surface area contributed by atoms with Crippen LogP contribution in [0.25, 0.3) is 20.3 Å². The number of para-hydroxylation sites is 1. The van der Waals surface area contributed by atoms with E-state index in [1.807, 2.05) is 12.1 Å². The fourth-order valence-electron chi connectivity index (χ4n) is 4.26. The molecular formula is C24H26N4OS. The highest BCUT2D eigenvalue weighted by Crippen LogP contribution is 2.30. The normalized spacial score (nSPS) is 15.3. The van der Waals surface area contributed by atoms with Crippen molar-refractivity contribution < 1.29 is 0 Å². The van der Waals surface area contributed by atoms with Gasteiger partial charge < -0.3 is 9.88 Å². The molecule has 4 aromatic rings. The predicted molar refractivity (Wildman–Crippen MR) is 126 cm³/mol. The summed E-state index contributed by atoms with van der Waals surface area (Å²) in [5, 5.41) is 1.08. The third-order valence-electron chi connectivity index (χ3n) is 5.91. The molecule has 5 nitrogen and oxygen atoms in total. The molecule has 3 heterocycles. The Labute approximate surface area is 180 Å². The van der Waals surface area contributed by atoms with E-state index in [0.717, 1.165) is 78.1 Å². The van der Waals surface area contributed by atoms with Gasteiger partial charge in [-0.1, -0.05) is 36.4 Å². The fourth-order valence-corrected chi connectivity index (χ4v) is 5.30. The van der Waals surface area contributed by atoms with E-state index in [1.165, 1.54) is 17.0 Å². The molecule has 1 aliphatic heterocycles. The van der Waals surface area contributed by atoms with Crippen LogP contribution in [-0.2, 0) is 6.42 Å². The number of hydrogen-bond donors (Lipinski definition) is 1. The number of H-pyrrole nitrogens is 1. The van der Waals surface area contributed by atoms with E-state index in [2.05, 4.69) is 57.2 Å². The Balaban J connectivity index is 1.15. The van der Waals surface area contributed by atoms with Crippen molar-refractivity contribution in [3.05, 3.63) is 70.8 Å². The van der Waals surface area contributed by atoms with Crippen LogP contribution < -0.4 is 10.5 Å². The van der Waals surface area contributed by atoms with Crippen LogP contribution in [0.5, 0.6) is 0 Å². The topological polar surface area (TPSA) is 52.2 Å². The molecule has 154 valence electrons. The Kier molecular flexibility index (Phi) is 5.51. The highest BCUT2D eigenvalue weighted by atomic mass is 32.1. The van der Waals surface area contributed by atoms with E-state index in [4.69, 9.17) is 4.98 Å². The minimum atomic E-state index is -0.00626. The van der Waals surface area contributed by atoms with Crippen LogP contribution in [-0.4, -0.2) is 47.6 Å². The lowest BCUT2D eigenvalue weighted by Crippen LogP contribution is -2.46. The van der Waals surface area contributed by atoms with Gasteiger partial charge in [0, 0.05) is 48.4 Å². The van der Waals surface area contributed by atoms with Crippen molar-refractivity contribution in [2.75, 3.05) is 37.6 Å². The Morgan fingerprint density at radius 2 is 1.70 bits per heavy atom. The molecule has 0 amide bonds. The number of aromatic amines is 1. The van der Waals surface area contributed by atoms with Gasteiger partial charge >= 0.3 is 0 Å². The largest absolute Gasteiger partial charge is 0.369 e. The van der Waals surface area contributed by atoms with Gasteiger partial charge in [-0.05, 0) is 37.6 Å². The lowest BCUT2D eigenvalue weighted by molar-refractivity contribution is 0.253. The van der Waals surface area contributed by atoms with Crippen molar-refractivity contribution >= 4 is 37.3 Å². The Bertz CT molecular complexity index is 1190. The fraction of sp³-hybridized carbons (Fsp3) is 0.333. The van der Waals surface area contributed by atoms with Gasteiger partial charge in [0.1, 0.15) is 10.5 Å². The molecule has 6 heteroatoms. The number of rotatable bonds is 6. The first-order valence-corrected chi connectivity index (χ1v) is 11.5. The van der Waals surface area contributed by atoms with Crippen molar-refractivity contribution in [3.63, 3.8) is 0 Å².